The van der Waals surface area contributed by atoms with Crippen molar-refractivity contribution in [2.24, 2.45) is 0 Å². The van der Waals surface area contributed by atoms with E-state index in [-0.39, 0.29) is 24.6 Å². The molecule has 0 aliphatic carbocycles. The average Bonchev–Trinajstić information content (AvgIpc) is 2.62. The van der Waals surface area contributed by atoms with Gasteiger partial charge in [-0.15, -0.1) is 0 Å². The van der Waals surface area contributed by atoms with Gasteiger partial charge in [0.2, 0.25) is 15.7 Å². The molecule has 0 heterocycles. The van der Waals surface area contributed by atoms with Crippen LogP contribution in [0.5, 0.6) is 0 Å². The molecule has 0 aliphatic heterocycles. The molecular formula is C17H15BrF2N2O4S. The number of hydrogen-bond donors (Lipinski definition) is 2. The van der Waals surface area contributed by atoms with Gasteiger partial charge in [0.25, 0.3) is 5.91 Å². The van der Waals surface area contributed by atoms with Crippen LogP contribution < -0.4 is 10.6 Å². The first-order chi connectivity index (χ1) is 12.7. The van der Waals surface area contributed by atoms with Gasteiger partial charge in [0, 0.05) is 23.0 Å². The summed E-state index contributed by atoms with van der Waals surface area (Å²) in [7, 11) is -4.85. The fraction of sp³-hybridized carbons (Fsp3) is 0.176. The van der Waals surface area contributed by atoms with Crippen LogP contribution in [0.1, 0.15) is 16.8 Å². The van der Waals surface area contributed by atoms with E-state index < -0.39 is 26.4 Å². The van der Waals surface area contributed by atoms with Crippen LogP contribution in [0.3, 0.4) is 0 Å². The molecule has 2 aromatic carbocycles. The Hall–Kier alpha value is -2.33. The Labute approximate surface area is 163 Å². The zero-order valence-corrected chi connectivity index (χ0v) is 16.2. The van der Waals surface area contributed by atoms with Crippen LogP contribution in [0.2, 0.25) is 0 Å². The highest BCUT2D eigenvalue weighted by atomic mass is 79.9. The summed E-state index contributed by atoms with van der Waals surface area (Å²) in [6.07, 6.45) is -0.161. The van der Waals surface area contributed by atoms with Gasteiger partial charge in [-0.3, -0.25) is 9.59 Å². The minimum absolute atomic E-state index is 0.00943. The summed E-state index contributed by atoms with van der Waals surface area (Å²) in [6.45, 7) is -0.00943. The predicted molar refractivity (Wildman–Crippen MR) is 99.4 cm³/mol. The number of halogens is 3. The smallest absolute Gasteiger partial charge is 0.341 e. The van der Waals surface area contributed by atoms with Gasteiger partial charge >= 0.3 is 5.76 Å². The highest BCUT2D eigenvalue weighted by Gasteiger charge is 2.29. The summed E-state index contributed by atoms with van der Waals surface area (Å²) in [5.41, 5.74) is 0.175. The van der Waals surface area contributed by atoms with Gasteiger partial charge in [0.05, 0.1) is 10.6 Å². The summed E-state index contributed by atoms with van der Waals surface area (Å²) in [5.74, 6) is -4.60. The molecular weight excluding hydrogens is 446 g/mol. The third kappa shape index (κ3) is 5.57. The number of anilines is 1. The van der Waals surface area contributed by atoms with Crippen LogP contribution >= 0.6 is 15.9 Å². The van der Waals surface area contributed by atoms with E-state index in [1.165, 1.54) is 18.2 Å². The van der Waals surface area contributed by atoms with E-state index in [0.717, 1.165) is 10.5 Å². The predicted octanol–water partition coefficient (Wildman–Crippen LogP) is 3.20. The lowest BCUT2D eigenvalue weighted by atomic mass is 10.2. The molecule has 2 rings (SSSR count). The maximum atomic E-state index is 12.7. The van der Waals surface area contributed by atoms with Crippen molar-refractivity contribution in [3.05, 3.63) is 58.6 Å². The van der Waals surface area contributed by atoms with E-state index in [1.54, 1.807) is 24.3 Å². The largest absolute Gasteiger partial charge is 0.352 e. The molecule has 0 spiro atoms. The van der Waals surface area contributed by atoms with Crippen molar-refractivity contribution >= 4 is 43.3 Å². The lowest BCUT2D eigenvalue weighted by Crippen LogP contribution is -2.28. The number of sulfone groups is 1. The van der Waals surface area contributed by atoms with Crippen molar-refractivity contribution in [2.75, 3.05) is 11.9 Å². The van der Waals surface area contributed by atoms with Crippen molar-refractivity contribution in [1.82, 2.24) is 5.32 Å². The van der Waals surface area contributed by atoms with Gasteiger partial charge in [-0.1, -0.05) is 28.1 Å². The number of para-hydroxylation sites is 1. The summed E-state index contributed by atoms with van der Waals surface area (Å²) >= 11 is 3.25. The lowest BCUT2D eigenvalue weighted by Gasteiger charge is -2.11. The normalized spacial score (nSPS) is 11.3. The second-order valence-corrected chi connectivity index (χ2v) is 8.16. The Balaban J connectivity index is 1.95. The van der Waals surface area contributed by atoms with Crippen LogP contribution in [0, 0.1) is 0 Å². The molecule has 0 atom stereocenters. The van der Waals surface area contributed by atoms with E-state index in [9.17, 15) is 26.8 Å². The molecule has 0 fully saturated rings. The third-order valence-corrected chi connectivity index (χ3v) is 5.41. The minimum Gasteiger partial charge on any atom is -0.352 e. The molecule has 2 amide bonds. The Kier molecular flexibility index (Phi) is 7.03. The Morgan fingerprint density at radius 3 is 2.30 bits per heavy atom. The van der Waals surface area contributed by atoms with E-state index in [1.807, 2.05) is 0 Å². The quantitative estimate of drug-likeness (QED) is 0.663. The summed E-state index contributed by atoms with van der Waals surface area (Å²) in [6, 6.07) is 11.5. The van der Waals surface area contributed by atoms with Crippen molar-refractivity contribution in [3.8, 4) is 0 Å². The van der Waals surface area contributed by atoms with E-state index >= 15 is 0 Å². The van der Waals surface area contributed by atoms with E-state index in [0.29, 0.717) is 5.56 Å². The summed E-state index contributed by atoms with van der Waals surface area (Å²) in [5, 5.41) is 4.83. The molecule has 10 heteroatoms. The highest BCUT2D eigenvalue weighted by molar-refractivity contribution is 9.10. The fourth-order valence-corrected chi connectivity index (χ4v) is 3.27. The standard InChI is InChI=1S/C17H15BrF2N2O4S/c18-12-7-5-11(6-8-12)16(24)21-10-9-15(23)22-13-3-1-2-4-14(13)27(25,26)17(19)20/h1-8,17H,9-10H2,(H,21,24)(H,22,23). The molecule has 144 valence electrons. The number of hydrogen-bond acceptors (Lipinski definition) is 4. The highest BCUT2D eigenvalue weighted by Crippen LogP contribution is 2.26. The number of alkyl halides is 2. The first kappa shape index (κ1) is 21.0. The molecule has 6 nitrogen and oxygen atoms in total. The van der Waals surface area contributed by atoms with Gasteiger partial charge in [0.1, 0.15) is 0 Å². The average molecular weight is 461 g/mol. The van der Waals surface area contributed by atoms with Crippen LogP contribution in [-0.2, 0) is 14.6 Å². The van der Waals surface area contributed by atoms with Gasteiger partial charge in [-0.2, -0.15) is 8.78 Å². The molecule has 0 saturated heterocycles. The lowest BCUT2D eigenvalue weighted by molar-refractivity contribution is -0.116. The SMILES string of the molecule is O=C(CCNC(=O)c1ccc(Br)cc1)Nc1ccccc1S(=O)(=O)C(F)F. The first-order valence-electron chi connectivity index (χ1n) is 7.66. The van der Waals surface area contributed by atoms with Gasteiger partial charge < -0.3 is 10.6 Å². The summed E-state index contributed by atoms with van der Waals surface area (Å²) in [4.78, 5) is 23.2. The summed E-state index contributed by atoms with van der Waals surface area (Å²) < 4.78 is 49.6. The molecule has 27 heavy (non-hydrogen) atoms. The number of carbonyl (C=O) groups excluding carboxylic acids is 2. The van der Waals surface area contributed by atoms with Crippen molar-refractivity contribution in [3.63, 3.8) is 0 Å². The maximum absolute atomic E-state index is 12.7. The third-order valence-electron chi connectivity index (χ3n) is 3.45. The second-order valence-electron chi connectivity index (χ2n) is 5.36. The molecule has 2 aromatic rings. The monoisotopic (exact) mass is 460 g/mol. The van der Waals surface area contributed by atoms with Crippen LogP contribution in [0.4, 0.5) is 14.5 Å². The molecule has 0 saturated carbocycles. The van der Waals surface area contributed by atoms with Crippen molar-refractivity contribution < 1.29 is 26.8 Å². The molecule has 0 bridgehead atoms. The zero-order valence-electron chi connectivity index (χ0n) is 13.8. The van der Waals surface area contributed by atoms with Crippen molar-refractivity contribution in [1.29, 1.82) is 0 Å². The molecule has 0 radical (unpaired) electrons. The number of amides is 2. The Morgan fingerprint density at radius 1 is 1.04 bits per heavy atom. The molecule has 0 unspecified atom stereocenters. The Morgan fingerprint density at radius 2 is 1.67 bits per heavy atom. The second kappa shape index (κ2) is 9.05. The van der Waals surface area contributed by atoms with Gasteiger partial charge in [-0.05, 0) is 36.4 Å². The van der Waals surface area contributed by atoms with E-state index in [4.69, 9.17) is 0 Å². The van der Waals surface area contributed by atoms with Crippen LogP contribution in [-0.4, -0.2) is 32.5 Å². The topological polar surface area (TPSA) is 92.3 Å². The van der Waals surface area contributed by atoms with E-state index in [2.05, 4.69) is 26.6 Å². The van der Waals surface area contributed by atoms with Crippen molar-refractivity contribution in [2.45, 2.75) is 17.1 Å². The number of rotatable bonds is 7. The minimum atomic E-state index is -4.85. The first-order valence-corrected chi connectivity index (χ1v) is 10.0. The van der Waals surface area contributed by atoms with Crippen LogP contribution in [0.15, 0.2) is 57.9 Å². The number of nitrogens with one attached hydrogen (secondary N) is 2. The number of carbonyl (C=O) groups is 2. The Bertz CT molecular complexity index is 934. The zero-order chi connectivity index (χ0) is 20.0. The maximum Gasteiger partial charge on any atom is 0.341 e. The number of benzene rings is 2. The van der Waals surface area contributed by atoms with Gasteiger partial charge in [0.15, 0.2) is 0 Å². The molecule has 0 aliphatic rings. The molecule has 2 N–H and O–H groups in total. The van der Waals surface area contributed by atoms with Crippen LogP contribution in [0.25, 0.3) is 0 Å². The molecule has 0 aromatic heterocycles. The van der Waals surface area contributed by atoms with Gasteiger partial charge in [-0.25, -0.2) is 8.42 Å². The fourth-order valence-electron chi connectivity index (χ4n) is 2.12.